The lowest BCUT2D eigenvalue weighted by Gasteiger charge is -2.14. The van der Waals surface area contributed by atoms with E-state index < -0.39 is 0 Å². The van der Waals surface area contributed by atoms with Crippen molar-refractivity contribution >= 4 is 0 Å². The summed E-state index contributed by atoms with van der Waals surface area (Å²) in [7, 11) is 2.14. The number of nitrogens with one attached hydrogen (secondary N) is 1. The summed E-state index contributed by atoms with van der Waals surface area (Å²) in [4.78, 5) is 2.30. The van der Waals surface area contributed by atoms with E-state index in [-0.39, 0.29) is 0 Å². The summed E-state index contributed by atoms with van der Waals surface area (Å²) >= 11 is 0. The number of rotatable bonds is 7. The molecule has 1 heterocycles. The first-order valence-corrected chi connectivity index (χ1v) is 6.77. The monoisotopic (exact) mass is 258 g/mol. The second kappa shape index (κ2) is 7.12. The van der Waals surface area contributed by atoms with Crippen LogP contribution in [0, 0.1) is 0 Å². The highest BCUT2D eigenvalue weighted by Gasteiger charge is 2.00. The van der Waals surface area contributed by atoms with Crippen LogP contribution in [0.2, 0.25) is 0 Å². The molecule has 0 unspecified atom stereocenters. The van der Waals surface area contributed by atoms with Crippen molar-refractivity contribution in [2.75, 3.05) is 13.6 Å². The van der Waals surface area contributed by atoms with Gasteiger partial charge in [-0.15, -0.1) is 0 Å². The molecule has 0 amide bonds. The van der Waals surface area contributed by atoms with Crippen LogP contribution in [0.15, 0.2) is 47.1 Å². The van der Waals surface area contributed by atoms with Crippen LogP contribution in [0.3, 0.4) is 0 Å². The van der Waals surface area contributed by atoms with Gasteiger partial charge in [-0.1, -0.05) is 31.2 Å². The Labute approximate surface area is 115 Å². The molecule has 0 atom stereocenters. The fourth-order valence-corrected chi connectivity index (χ4v) is 2.00. The Morgan fingerprint density at radius 1 is 1.11 bits per heavy atom. The molecule has 0 aliphatic heterocycles. The summed E-state index contributed by atoms with van der Waals surface area (Å²) < 4.78 is 5.29. The van der Waals surface area contributed by atoms with E-state index in [9.17, 15) is 0 Å². The molecule has 0 radical (unpaired) electrons. The zero-order chi connectivity index (χ0) is 13.5. The summed E-state index contributed by atoms with van der Waals surface area (Å²) in [5.74, 6) is 0.974. The molecular weight excluding hydrogens is 236 g/mol. The fraction of sp³-hybridized carbons (Fsp3) is 0.375. The minimum absolute atomic E-state index is 0.770. The maximum absolute atomic E-state index is 5.29. The largest absolute Gasteiger partial charge is 0.468 e. The molecule has 1 aromatic carbocycles. The van der Waals surface area contributed by atoms with Crippen LogP contribution in [-0.2, 0) is 19.6 Å². The zero-order valence-corrected chi connectivity index (χ0v) is 11.7. The molecule has 3 heteroatoms. The smallest absolute Gasteiger partial charge is 0.117 e. The number of benzene rings is 1. The average molecular weight is 258 g/mol. The van der Waals surface area contributed by atoms with Crippen molar-refractivity contribution in [2.24, 2.45) is 0 Å². The van der Waals surface area contributed by atoms with E-state index in [1.807, 2.05) is 12.1 Å². The summed E-state index contributed by atoms with van der Waals surface area (Å²) in [5, 5.41) is 3.39. The van der Waals surface area contributed by atoms with Crippen LogP contribution in [0.1, 0.15) is 23.8 Å². The molecule has 0 fully saturated rings. The summed E-state index contributed by atoms with van der Waals surface area (Å²) in [6.07, 6.45) is 1.71. The van der Waals surface area contributed by atoms with E-state index in [1.165, 1.54) is 11.1 Å². The van der Waals surface area contributed by atoms with Crippen molar-refractivity contribution in [2.45, 2.75) is 26.6 Å². The SMILES string of the molecule is CCN(C)Cc1cccc(CNCc2ccco2)c1. The lowest BCUT2D eigenvalue weighted by Crippen LogP contribution is -2.17. The van der Waals surface area contributed by atoms with Crippen molar-refractivity contribution in [3.05, 3.63) is 59.5 Å². The average Bonchev–Trinajstić information content (AvgIpc) is 2.92. The first-order chi connectivity index (χ1) is 9.28. The predicted molar refractivity (Wildman–Crippen MR) is 77.7 cm³/mol. The Balaban J connectivity index is 1.84. The Hall–Kier alpha value is -1.58. The van der Waals surface area contributed by atoms with E-state index in [2.05, 4.69) is 48.5 Å². The van der Waals surface area contributed by atoms with Crippen molar-refractivity contribution in [1.29, 1.82) is 0 Å². The molecule has 1 N–H and O–H groups in total. The van der Waals surface area contributed by atoms with Gasteiger partial charge in [0.1, 0.15) is 5.76 Å². The Morgan fingerprint density at radius 2 is 1.95 bits per heavy atom. The second-order valence-electron chi connectivity index (χ2n) is 4.83. The van der Waals surface area contributed by atoms with Crippen LogP contribution in [0.5, 0.6) is 0 Å². The van der Waals surface area contributed by atoms with Gasteiger partial charge in [-0.2, -0.15) is 0 Å². The molecule has 2 rings (SSSR count). The maximum atomic E-state index is 5.29. The first kappa shape index (κ1) is 13.8. The Kier molecular flexibility index (Phi) is 5.19. The van der Waals surface area contributed by atoms with E-state index in [0.29, 0.717) is 0 Å². The molecule has 0 saturated carbocycles. The molecule has 0 aliphatic carbocycles. The van der Waals surface area contributed by atoms with Crippen LogP contribution in [0.25, 0.3) is 0 Å². The van der Waals surface area contributed by atoms with Gasteiger partial charge in [0, 0.05) is 13.1 Å². The molecule has 1 aromatic heterocycles. The fourth-order valence-electron chi connectivity index (χ4n) is 2.00. The van der Waals surface area contributed by atoms with Gasteiger partial charge in [0.2, 0.25) is 0 Å². The molecule has 0 saturated heterocycles. The van der Waals surface area contributed by atoms with Gasteiger partial charge in [-0.3, -0.25) is 0 Å². The highest BCUT2D eigenvalue weighted by molar-refractivity contribution is 5.23. The summed E-state index contributed by atoms with van der Waals surface area (Å²) in [6, 6.07) is 12.6. The van der Waals surface area contributed by atoms with Gasteiger partial charge >= 0.3 is 0 Å². The summed E-state index contributed by atoms with van der Waals surface area (Å²) in [6.45, 7) is 5.88. The minimum atomic E-state index is 0.770. The van der Waals surface area contributed by atoms with E-state index in [0.717, 1.165) is 31.9 Å². The maximum Gasteiger partial charge on any atom is 0.117 e. The van der Waals surface area contributed by atoms with Gasteiger partial charge < -0.3 is 14.6 Å². The van der Waals surface area contributed by atoms with Crippen molar-refractivity contribution in [3.8, 4) is 0 Å². The number of hydrogen-bond acceptors (Lipinski definition) is 3. The van der Waals surface area contributed by atoms with Gasteiger partial charge in [0.15, 0.2) is 0 Å². The highest BCUT2D eigenvalue weighted by Crippen LogP contribution is 2.08. The molecule has 0 bridgehead atoms. The van der Waals surface area contributed by atoms with Crippen molar-refractivity contribution in [3.63, 3.8) is 0 Å². The van der Waals surface area contributed by atoms with Gasteiger partial charge in [0.25, 0.3) is 0 Å². The molecule has 3 nitrogen and oxygen atoms in total. The van der Waals surface area contributed by atoms with E-state index >= 15 is 0 Å². The van der Waals surface area contributed by atoms with Crippen LogP contribution in [0.4, 0.5) is 0 Å². The molecule has 2 aromatic rings. The first-order valence-electron chi connectivity index (χ1n) is 6.77. The quantitative estimate of drug-likeness (QED) is 0.827. The van der Waals surface area contributed by atoms with Crippen molar-refractivity contribution < 1.29 is 4.42 Å². The van der Waals surface area contributed by atoms with Crippen LogP contribution < -0.4 is 5.32 Å². The molecule has 0 aliphatic rings. The lowest BCUT2D eigenvalue weighted by molar-refractivity contribution is 0.345. The van der Waals surface area contributed by atoms with E-state index in [1.54, 1.807) is 6.26 Å². The second-order valence-corrected chi connectivity index (χ2v) is 4.83. The highest BCUT2D eigenvalue weighted by atomic mass is 16.3. The van der Waals surface area contributed by atoms with E-state index in [4.69, 9.17) is 4.42 Å². The summed E-state index contributed by atoms with van der Waals surface area (Å²) in [5.41, 5.74) is 2.68. The van der Waals surface area contributed by atoms with Gasteiger partial charge in [-0.05, 0) is 36.9 Å². The zero-order valence-electron chi connectivity index (χ0n) is 11.7. The standard InChI is InChI=1S/C16H22N2O/c1-3-18(2)13-15-7-4-6-14(10-15)11-17-12-16-8-5-9-19-16/h4-10,17H,3,11-13H2,1-2H3. The normalized spacial score (nSPS) is 11.1. The third-order valence-corrected chi connectivity index (χ3v) is 3.19. The van der Waals surface area contributed by atoms with Gasteiger partial charge in [-0.25, -0.2) is 0 Å². The molecule has 19 heavy (non-hydrogen) atoms. The topological polar surface area (TPSA) is 28.4 Å². The third-order valence-electron chi connectivity index (χ3n) is 3.19. The number of furan rings is 1. The minimum Gasteiger partial charge on any atom is -0.468 e. The Bertz CT molecular complexity index is 479. The predicted octanol–water partition coefficient (Wildman–Crippen LogP) is 3.02. The van der Waals surface area contributed by atoms with Crippen molar-refractivity contribution in [1.82, 2.24) is 10.2 Å². The third kappa shape index (κ3) is 4.54. The lowest BCUT2D eigenvalue weighted by atomic mass is 10.1. The number of nitrogens with zero attached hydrogens (tertiary/aromatic N) is 1. The Morgan fingerprint density at radius 3 is 2.68 bits per heavy atom. The van der Waals surface area contributed by atoms with Gasteiger partial charge in [0.05, 0.1) is 12.8 Å². The molecular formula is C16H22N2O. The molecule has 102 valence electrons. The van der Waals surface area contributed by atoms with Crippen LogP contribution >= 0.6 is 0 Å². The molecule has 0 spiro atoms. The number of hydrogen-bond donors (Lipinski definition) is 1. The van der Waals surface area contributed by atoms with Crippen LogP contribution in [-0.4, -0.2) is 18.5 Å².